The van der Waals surface area contributed by atoms with Crippen molar-refractivity contribution in [2.45, 2.75) is 6.92 Å². The molecule has 0 radical (unpaired) electrons. The van der Waals surface area contributed by atoms with E-state index in [1.165, 1.54) is 13.0 Å². The first-order chi connectivity index (χ1) is 14.5. The van der Waals surface area contributed by atoms with Gasteiger partial charge in [-0.25, -0.2) is 9.78 Å². The van der Waals surface area contributed by atoms with Gasteiger partial charge in [-0.05, 0) is 59.2 Å². The highest BCUT2D eigenvalue weighted by molar-refractivity contribution is 6.30. The molecule has 3 rings (SSSR count). The second kappa shape index (κ2) is 10.2. The number of amides is 1. The summed E-state index contributed by atoms with van der Waals surface area (Å²) in [6.07, 6.45) is 8.49. The van der Waals surface area contributed by atoms with E-state index in [9.17, 15) is 9.59 Å². The predicted molar refractivity (Wildman–Crippen MR) is 120 cm³/mol. The van der Waals surface area contributed by atoms with Crippen LogP contribution in [-0.4, -0.2) is 16.9 Å². The molecule has 30 heavy (non-hydrogen) atoms. The monoisotopic (exact) mass is 418 g/mol. The van der Waals surface area contributed by atoms with Crippen LogP contribution in [0.25, 0.3) is 18.2 Å². The molecule has 0 spiro atoms. The third kappa shape index (κ3) is 6.72. The smallest absolute Gasteiger partial charge is 0.336 e. The number of pyridine rings is 1. The van der Waals surface area contributed by atoms with Gasteiger partial charge in [0, 0.05) is 24.2 Å². The molecule has 1 aromatic heterocycles. The fourth-order valence-electron chi connectivity index (χ4n) is 2.53. The maximum absolute atomic E-state index is 12.0. The Bertz CT molecular complexity index is 1090. The van der Waals surface area contributed by atoms with Crippen molar-refractivity contribution in [2.24, 2.45) is 0 Å². The maximum Gasteiger partial charge on any atom is 0.336 e. The highest BCUT2D eigenvalue weighted by Crippen LogP contribution is 2.16. The van der Waals surface area contributed by atoms with Crippen molar-refractivity contribution in [1.82, 2.24) is 4.98 Å². The van der Waals surface area contributed by atoms with Crippen LogP contribution in [0.2, 0.25) is 5.02 Å². The van der Waals surface area contributed by atoms with Crippen LogP contribution in [0.1, 0.15) is 23.6 Å². The van der Waals surface area contributed by atoms with E-state index in [0.717, 1.165) is 16.7 Å². The largest absolute Gasteiger partial charge is 0.423 e. The summed E-state index contributed by atoms with van der Waals surface area (Å²) < 4.78 is 5.31. The van der Waals surface area contributed by atoms with Crippen molar-refractivity contribution in [2.75, 3.05) is 5.32 Å². The number of hydrogen-bond donors (Lipinski definition) is 1. The van der Waals surface area contributed by atoms with E-state index in [1.54, 1.807) is 42.6 Å². The van der Waals surface area contributed by atoms with E-state index >= 15 is 0 Å². The summed E-state index contributed by atoms with van der Waals surface area (Å²) in [7, 11) is 0. The van der Waals surface area contributed by atoms with Gasteiger partial charge in [0.25, 0.3) is 0 Å². The molecule has 6 heteroatoms. The van der Waals surface area contributed by atoms with Crippen LogP contribution in [0.3, 0.4) is 0 Å². The number of nitrogens with one attached hydrogen (secondary N) is 1. The van der Waals surface area contributed by atoms with E-state index < -0.39 is 5.97 Å². The molecule has 0 atom stereocenters. The van der Waals surface area contributed by atoms with Crippen molar-refractivity contribution < 1.29 is 14.3 Å². The first-order valence-electron chi connectivity index (χ1n) is 9.15. The maximum atomic E-state index is 12.0. The van der Waals surface area contributed by atoms with Gasteiger partial charge in [-0.3, -0.25) is 4.79 Å². The van der Waals surface area contributed by atoms with Gasteiger partial charge in [-0.15, -0.1) is 0 Å². The third-order valence-corrected chi connectivity index (χ3v) is 4.19. The zero-order valence-corrected chi connectivity index (χ0v) is 17.0. The Hall–Kier alpha value is -3.70. The summed E-state index contributed by atoms with van der Waals surface area (Å²) in [6.45, 7) is 1.44. The number of esters is 1. The molecule has 150 valence electrons. The average molecular weight is 419 g/mol. The second-order valence-electron chi connectivity index (χ2n) is 6.36. The molecule has 0 saturated heterocycles. The quantitative estimate of drug-likeness (QED) is 0.327. The van der Waals surface area contributed by atoms with E-state index in [-0.39, 0.29) is 5.91 Å². The fourth-order valence-corrected chi connectivity index (χ4v) is 2.65. The number of carbonyl (C=O) groups excluding carboxylic acids is 2. The number of anilines is 1. The number of rotatable bonds is 6. The molecule has 0 bridgehead atoms. The lowest BCUT2D eigenvalue weighted by Crippen LogP contribution is -2.07. The number of aromatic nitrogens is 1. The minimum atomic E-state index is -0.462. The van der Waals surface area contributed by atoms with Gasteiger partial charge in [0.2, 0.25) is 5.91 Å². The Labute approximate surface area is 179 Å². The minimum Gasteiger partial charge on any atom is -0.423 e. The Morgan fingerprint density at radius 1 is 0.900 bits per heavy atom. The van der Waals surface area contributed by atoms with Gasteiger partial charge in [0.1, 0.15) is 11.6 Å². The van der Waals surface area contributed by atoms with Crippen LogP contribution in [0.15, 0.2) is 72.9 Å². The zero-order valence-electron chi connectivity index (χ0n) is 16.2. The van der Waals surface area contributed by atoms with Gasteiger partial charge in [-0.2, -0.15) is 0 Å². The molecule has 1 amide bonds. The van der Waals surface area contributed by atoms with Crippen LogP contribution in [0, 0.1) is 0 Å². The van der Waals surface area contributed by atoms with E-state index in [4.69, 9.17) is 16.3 Å². The highest BCUT2D eigenvalue weighted by atomic mass is 35.5. The lowest BCUT2D eigenvalue weighted by Gasteiger charge is -2.03. The molecule has 0 saturated carbocycles. The molecule has 1 heterocycles. The fraction of sp³-hybridized carbons (Fsp3) is 0.0417. The van der Waals surface area contributed by atoms with E-state index in [0.29, 0.717) is 16.6 Å². The lowest BCUT2D eigenvalue weighted by molar-refractivity contribution is -0.128. The molecule has 3 aromatic rings. The van der Waals surface area contributed by atoms with Gasteiger partial charge in [0.05, 0.1) is 0 Å². The van der Waals surface area contributed by atoms with Crippen LogP contribution in [0.4, 0.5) is 5.82 Å². The molecular formula is C24H19ClN2O3. The highest BCUT2D eigenvalue weighted by Gasteiger charge is 2.01. The molecule has 5 nitrogen and oxygen atoms in total. The number of carbonyl (C=O) groups is 2. The van der Waals surface area contributed by atoms with Crippen LogP contribution < -0.4 is 10.1 Å². The second-order valence-corrected chi connectivity index (χ2v) is 6.80. The van der Waals surface area contributed by atoms with Crippen LogP contribution in [0.5, 0.6) is 5.75 Å². The topological polar surface area (TPSA) is 68.3 Å². The molecule has 2 aromatic carbocycles. The summed E-state index contributed by atoms with van der Waals surface area (Å²) in [6, 6.07) is 17.9. The van der Waals surface area contributed by atoms with Crippen molar-refractivity contribution in [1.29, 1.82) is 0 Å². The summed E-state index contributed by atoms with van der Waals surface area (Å²) in [4.78, 5) is 27.2. The minimum absolute atomic E-state index is 0.170. The van der Waals surface area contributed by atoms with Gasteiger partial charge < -0.3 is 10.1 Å². The van der Waals surface area contributed by atoms with Crippen molar-refractivity contribution >= 4 is 47.5 Å². The Kier molecular flexibility index (Phi) is 7.14. The van der Waals surface area contributed by atoms with Gasteiger partial charge in [0.15, 0.2) is 0 Å². The Balaban J connectivity index is 1.58. The Morgan fingerprint density at radius 2 is 1.53 bits per heavy atom. The van der Waals surface area contributed by atoms with Crippen LogP contribution in [-0.2, 0) is 9.59 Å². The standard InChI is InChI=1S/C24H19ClN2O3/c1-17(28)27-23-16-20(14-15-26-23)3-2-18-6-11-22(12-7-18)30-24(29)13-8-19-4-9-21(25)10-5-19/h2-16H,1H3,(H,26,27,28)/b3-2+,13-8+. The molecule has 0 fully saturated rings. The van der Waals surface area contributed by atoms with Crippen LogP contribution >= 0.6 is 11.6 Å². The zero-order chi connectivity index (χ0) is 21.3. The van der Waals surface area contributed by atoms with Gasteiger partial charge in [-0.1, -0.05) is 48.0 Å². The number of nitrogens with zero attached hydrogens (tertiary/aromatic N) is 1. The van der Waals surface area contributed by atoms with E-state index in [2.05, 4.69) is 10.3 Å². The summed E-state index contributed by atoms with van der Waals surface area (Å²) >= 11 is 5.84. The Morgan fingerprint density at radius 3 is 2.23 bits per heavy atom. The van der Waals surface area contributed by atoms with Gasteiger partial charge >= 0.3 is 5.97 Å². The molecule has 1 N–H and O–H groups in total. The molecule has 0 aliphatic heterocycles. The van der Waals surface area contributed by atoms with Crippen molar-refractivity contribution in [3.05, 3.63) is 94.6 Å². The number of hydrogen-bond acceptors (Lipinski definition) is 4. The normalized spacial score (nSPS) is 11.0. The number of ether oxygens (including phenoxy) is 1. The molecule has 0 aliphatic carbocycles. The molecular weight excluding hydrogens is 400 g/mol. The molecule has 0 unspecified atom stereocenters. The number of halogens is 1. The first kappa shape index (κ1) is 21.0. The summed E-state index contributed by atoms with van der Waals surface area (Å²) in [5.74, 6) is 0.320. The summed E-state index contributed by atoms with van der Waals surface area (Å²) in [5.41, 5.74) is 2.69. The van der Waals surface area contributed by atoms with Crippen molar-refractivity contribution in [3.63, 3.8) is 0 Å². The lowest BCUT2D eigenvalue weighted by atomic mass is 10.1. The predicted octanol–water partition coefficient (Wildman–Crippen LogP) is 5.48. The number of benzene rings is 2. The van der Waals surface area contributed by atoms with Crippen molar-refractivity contribution in [3.8, 4) is 5.75 Å². The average Bonchev–Trinajstić information content (AvgIpc) is 2.73. The first-order valence-corrected chi connectivity index (χ1v) is 9.53. The summed E-state index contributed by atoms with van der Waals surface area (Å²) in [5, 5.41) is 3.29. The SMILES string of the molecule is CC(=O)Nc1cc(/C=C/c2ccc(OC(=O)/C=C/c3ccc(Cl)cc3)cc2)ccn1. The van der Waals surface area contributed by atoms with E-state index in [1.807, 2.05) is 42.5 Å². The third-order valence-electron chi connectivity index (χ3n) is 3.94. The molecule has 0 aliphatic rings.